The van der Waals surface area contributed by atoms with E-state index in [1.54, 1.807) is 42.5 Å². The predicted octanol–water partition coefficient (Wildman–Crippen LogP) is 4.68. The molecule has 0 atom stereocenters. The molecule has 1 heterocycles. The summed E-state index contributed by atoms with van der Waals surface area (Å²) in [5.41, 5.74) is 2.08. The Morgan fingerprint density at radius 1 is 1.24 bits per heavy atom. The first-order valence-corrected chi connectivity index (χ1v) is 9.61. The molecule has 1 aliphatic rings. The zero-order chi connectivity index (χ0) is 20.8. The average Bonchev–Trinajstić information content (AvgIpc) is 3.00. The average molecular weight is 405 g/mol. The van der Waals surface area contributed by atoms with E-state index in [9.17, 15) is 9.59 Å². The van der Waals surface area contributed by atoms with E-state index in [1.807, 2.05) is 12.1 Å². The lowest BCUT2D eigenvalue weighted by Gasteiger charge is -2.14. The van der Waals surface area contributed by atoms with Gasteiger partial charge in [-0.3, -0.25) is 9.59 Å². The minimum absolute atomic E-state index is 0.107. The van der Waals surface area contributed by atoms with Crippen molar-refractivity contribution in [3.63, 3.8) is 0 Å². The predicted molar refractivity (Wildman–Crippen MR) is 116 cm³/mol. The molecule has 0 aromatic heterocycles. The van der Waals surface area contributed by atoms with Crippen LogP contribution in [0.2, 0.25) is 0 Å². The fraction of sp³-hybridized carbons (Fsp3) is 0.130. The molecule has 2 aromatic rings. The van der Waals surface area contributed by atoms with E-state index in [1.165, 1.54) is 12.0 Å². The number of carbonyl (C=O) groups is 2. The molecule has 29 heavy (non-hydrogen) atoms. The highest BCUT2D eigenvalue weighted by Gasteiger charge is 2.36. The Balaban J connectivity index is 1.98. The number of nitrogens with zero attached hydrogens (tertiary/aromatic N) is 1. The fourth-order valence-electron chi connectivity index (χ4n) is 2.92. The van der Waals surface area contributed by atoms with E-state index in [2.05, 4.69) is 12.5 Å². The highest BCUT2D eigenvalue weighted by molar-refractivity contribution is 8.19. The largest absolute Gasteiger partial charge is 0.493 e. The van der Waals surface area contributed by atoms with Crippen LogP contribution in [0.3, 0.4) is 0 Å². The van der Waals surface area contributed by atoms with Crippen molar-refractivity contribution in [3.05, 3.63) is 71.2 Å². The SMILES string of the molecule is C#CCOc1c(CC=C)cc(/C=C2\SC(=O)N(c3ccccc3)C2=O)cc1OC. The lowest BCUT2D eigenvalue weighted by atomic mass is 10.0. The van der Waals surface area contributed by atoms with Gasteiger partial charge >= 0.3 is 0 Å². The summed E-state index contributed by atoms with van der Waals surface area (Å²) in [6, 6.07) is 12.5. The van der Waals surface area contributed by atoms with E-state index in [4.69, 9.17) is 15.9 Å². The first-order chi connectivity index (χ1) is 14.1. The maximum absolute atomic E-state index is 12.8. The number of para-hydroxylation sites is 1. The van der Waals surface area contributed by atoms with Crippen molar-refractivity contribution in [1.82, 2.24) is 0 Å². The molecule has 0 spiro atoms. The highest BCUT2D eigenvalue weighted by Crippen LogP contribution is 2.38. The van der Waals surface area contributed by atoms with Gasteiger partial charge in [0, 0.05) is 5.56 Å². The summed E-state index contributed by atoms with van der Waals surface area (Å²) in [7, 11) is 1.53. The molecule has 0 saturated carbocycles. The zero-order valence-electron chi connectivity index (χ0n) is 15.9. The second-order valence-corrected chi connectivity index (χ2v) is 7.04. The summed E-state index contributed by atoms with van der Waals surface area (Å²) in [4.78, 5) is 26.7. The Labute approximate surface area is 174 Å². The van der Waals surface area contributed by atoms with Crippen LogP contribution in [0.1, 0.15) is 11.1 Å². The van der Waals surface area contributed by atoms with E-state index in [0.717, 1.165) is 17.3 Å². The van der Waals surface area contributed by atoms with Crippen molar-refractivity contribution >= 4 is 34.7 Å². The fourth-order valence-corrected chi connectivity index (χ4v) is 3.76. The minimum atomic E-state index is -0.358. The number of benzene rings is 2. The molecule has 0 unspecified atom stereocenters. The monoisotopic (exact) mass is 405 g/mol. The van der Waals surface area contributed by atoms with E-state index >= 15 is 0 Å². The number of anilines is 1. The number of thioether (sulfide) groups is 1. The van der Waals surface area contributed by atoms with Gasteiger partial charge in [0.1, 0.15) is 6.61 Å². The number of amides is 2. The first kappa shape index (κ1) is 20.3. The van der Waals surface area contributed by atoms with Gasteiger partial charge < -0.3 is 9.47 Å². The van der Waals surface area contributed by atoms with Gasteiger partial charge in [-0.2, -0.15) is 0 Å². The Morgan fingerprint density at radius 3 is 2.66 bits per heavy atom. The summed E-state index contributed by atoms with van der Waals surface area (Å²) in [6.07, 6.45) is 9.24. The van der Waals surface area contributed by atoms with Crippen LogP contribution in [0.25, 0.3) is 6.08 Å². The maximum Gasteiger partial charge on any atom is 0.298 e. The molecule has 1 aliphatic heterocycles. The first-order valence-electron chi connectivity index (χ1n) is 8.80. The van der Waals surface area contributed by atoms with Crippen LogP contribution < -0.4 is 14.4 Å². The molecule has 0 radical (unpaired) electrons. The van der Waals surface area contributed by atoms with Gasteiger partial charge in [0.05, 0.1) is 17.7 Å². The number of ether oxygens (including phenoxy) is 2. The maximum atomic E-state index is 12.8. The van der Waals surface area contributed by atoms with Crippen LogP contribution in [0, 0.1) is 12.3 Å². The van der Waals surface area contributed by atoms with Crippen molar-refractivity contribution in [2.45, 2.75) is 6.42 Å². The summed E-state index contributed by atoms with van der Waals surface area (Å²) >= 11 is 0.902. The molecule has 146 valence electrons. The molecule has 0 N–H and O–H groups in total. The van der Waals surface area contributed by atoms with Crippen LogP contribution in [-0.2, 0) is 11.2 Å². The number of hydrogen-bond donors (Lipinski definition) is 0. The van der Waals surface area contributed by atoms with Gasteiger partial charge in [0.25, 0.3) is 11.1 Å². The number of terminal acetylenes is 1. The lowest BCUT2D eigenvalue weighted by Crippen LogP contribution is -2.27. The summed E-state index contributed by atoms with van der Waals surface area (Å²) in [5.74, 6) is 3.11. The van der Waals surface area contributed by atoms with Crippen molar-refractivity contribution in [1.29, 1.82) is 0 Å². The number of imide groups is 1. The van der Waals surface area contributed by atoms with Crippen LogP contribution >= 0.6 is 11.8 Å². The number of allylic oxidation sites excluding steroid dienone is 1. The molecule has 1 fully saturated rings. The quantitative estimate of drug-likeness (QED) is 0.380. The van der Waals surface area contributed by atoms with Crippen LogP contribution in [0.4, 0.5) is 10.5 Å². The van der Waals surface area contributed by atoms with Crippen LogP contribution in [-0.4, -0.2) is 24.9 Å². The van der Waals surface area contributed by atoms with Crippen LogP contribution in [0.15, 0.2) is 60.0 Å². The molecule has 0 aliphatic carbocycles. The summed E-state index contributed by atoms with van der Waals surface area (Å²) < 4.78 is 11.1. The standard InChI is InChI=1S/C23H19NO4S/c1-4-9-17-13-16(14-19(27-3)21(17)28-12-5-2)15-20-22(25)24(23(26)29-20)18-10-7-6-8-11-18/h2,4,6-8,10-11,13-15H,1,9,12H2,3H3/b20-15-. The normalized spacial score (nSPS) is 14.8. The third-order valence-corrected chi connectivity index (χ3v) is 5.01. The van der Waals surface area contributed by atoms with Crippen molar-refractivity contribution < 1.29 is 19.1 Å². The molecule has 2 aromatic carbocycles. The third kappa shape index (κ3) is 4.36. The zero-order valence-corrected chi connectivity index (χ0v) is 16.7. The van der Waals surface area contributed by atoms with Gasteiger partial charge in [0.2, 0.25) is 0 Å². The highest BCUT2D eigenvalue weighted by atomic mass is 32.2. The number of rotatable bonds is 7. The smallest absolute Gasteiger partial charge is 0.298 e. The third-order valence-electron chi connectivity index (χ3n) is 4.14. The topological polar surface area (TPSA) is 55.8 Å². The molecule has 5 nitrogen and oxygen atoms in total. The van der Waals surface area contributed by atoms with E-state index < -0.39 is 0 Å². The molecule has 6 heteroatoms. The molecule has 0 bridgehead atoms. The summed E-state index contributed by atoms with van der Waals surface area (Å²) in [5, 5.41) is -0.334. The van der Waals surface area contributed by atoms with Crippen molar-refractivity contribution in [2.24, 2.45) is 0 Å². The van der Waals surface area contributed by atoms with E-state index in [0.29, 0.717) is 34.1 Å². The molecular weight excluding hydrogens is 386 g/mol. The molecular formula is C23H19NO4S. The Morgan fingerprint density at radius 2 is 2.00 bits per heavy atom. The van der Waals surface area contributed by atoms with Crippen molar-refractivity contribution in [2.75, 3.05) is 18.6 Å². The molecule has 1 saturated heterocycles. The second-order valence-electron chi connectivity index (χ2n) is 6.05. The van der Waals surface area contributed by atoms with Crippen molar-refractivity contribution in [3.8, 4) is 23.8 Å². The molecule has 3 rings (SSSR count). The lowest BCUT2D eigenvalue weighted by molar-refractivity contribution is -0.113. The Hall–Kier alpha value is -3.43. The van der Waals surface area contributed by atoms with Gasteiger partial charge in [-0.15, -0.1) is 13.0 Å². The van der Waals surface area contributed by atoms with Gasteiger partial charge in [-0.1, -0.05) is 30.2 Å². The minimum Gasteiger partial charge on any atom is -0.493 e. The number of methoxy groups -OCH3 is 1. The Kier molecular flexibility index (Phi) is 6.43. The summed E-state index contributed by atoms with van der Waals surface area (Å²) in [6.45, 7) is 3.88. The van der Waals surface area contributed by atoms with Gasteiger partial charge in [-0.05, 0) is 54.1 Å². The second kappa shape index (κ2) is 9.18. The molecule has 2 amide bonds. The Bertz CT molecular complexity index is 1020. The number of carbonyl (C=O) groups excluding carboxylic acids is 2. The van der Waals surface area contributed by atoms with Gasteiger partial charge in [0.15, 0.2) is 11.5 Å². The number of hydrogen-bond acceptors (Lipinski definition) is 5. The van der Waals surface area contributed by atoms with Crippen LogP contribution in [0.5, 0.6) is 11.5 Å². The van der Waals surface area contributed by atoms with E-state index in [-0.39, 0.29) is 17.8 Å². The van der Waals surface area contributed by atoms with Gasteiger partial charge in [-0.25, -0.2) is 4.90 Å².